The van der Waals surface area contributed by atoms with Crippen molar-refractivity contribution in [1.29, 1.82) is 0 Å². The molecule has 0 saturated carbocycles. The van der Waals surface area contributed by atoms with Gasteiger partial charge in [-0.05, 0) is 39.7 Å². The molecule has 16 heavy (non-hydrogen) atoms. The lowest BCUT2D eigenvalue weighted by Gasteiger charge is -2.42. The second-order valence-corrected chi connectivity index (χ2v) is 6.51. The lowest BCUT2D eigenvalue weighted by atomic mass is 9.81. The van der Waals surface area contributed by atoms with Crippen molar-refractivity contribution in [3.05, 3.63) is 21.4 Å². The summed E-state index contributed by atoms with van der Waals surface area (Å²) in [5.41, 5.74) is 7.15. The van der Waals surface area contributed by atoms with Gasteiger partial charge in [0.05, 0.1) is 5.56 Å². The number of nitrogens with two attached hydrogens (primary N) is 1. The minimum atomic E-state index is -0.314. The van der Waals surface area contributed by atoms with Crippen LogP contribution in [0.15, 0.2) is 5.38 Å². The molecule has 0 unspecified atom stereocenters. The summed E-state index contributed by atoms with van der Waals surface area (Å²) in [7, 11) is 0. The highest BCUT2D eigenvalue weighted by atomic mass is 32.1. The van der Waals surface area contributed by atoms with Gasteiger partial charge in [0.25, 0.3) is 0 Å². The van der Waals surface area contributed by atoms with Crippen LogP contribution in [0.25, 0.3) is 0 Å². The normalized spacial score (nSPS) is 21.5. The Labute approximate surface area is 100 Å². The van der Waals surface area contributed by atoms with E-state index >= 15 is 0 Å². The molecule has 0 aromatic carbocycles. The maximum Gasteiger partial charge on any atom is 0.249 e. The first kappa shape index (κ1) is 11.6. The number of hydrogen-bond acceptors (Lipinski definition) is 3. The van der Waals surface area contributed by atoms with Gasteiger partial charge in [-0.25, -0.2) is 0 Å². The first-order valence-corrected chi connectivity index (χ1v) is 6.31. The van der Waals surface area contributed by atoms with E-state index in [0.29, 0.717) is 5.56 Å². The second-order valence-electron chi connectivity index (χ2n) is 5.63. The molecule has 0 radical (unpaired) electrons. The molecular formula is C12H18N2OS. The molecule has 88 valence electrons. The van der Waals surface area contributed by atoms with Crippen molar-refractivity contribution in [3.8, 4) is 0 Å². The molecule has 3 nitrogen and oxygen atoms in total. The molecule has 0 atom stereocenters. The highest BCUT2D eigenvalue weighted by molar-refractivity contribution is 7.10. The average molecular weight is 238 g/mol. The molecule has 0 spiro atoms. The van der Waals surface area contributed by atoms with E-state index in [-0.39, 0.29) is 17.0 Å². The quantitative estimate of drug-likeness (QED) is 0.786. The van der Waals surface area contributed by atoms with Crippen molar-refractivity contribution in [2.45, 2.75) is 45.2 Å². The number of hydrogen-bond donors (Lipinski definition) is 2. The fourth-order valence-corrected chi connectivity index (χ4v) is 3.84. The Bertz CT molecular complexity index is 446. The van der Waals surface area contributed by atoms with E-state index in [1.54, 1.807) is 11.3 Å². The van der Waals surface area contributed by atoms with Crippen LogP contribution in [0.4, 0.5) is 0 Å². The Morgan fingerprint density at radius 1 is 1.44 bits per heavy atom. The largest absolute Gasteiger partial charge is 0.366 e. The zero-order valence-electron chi connectivity index (χ0n) is 10.2. The zero-order valence-corrected chi connectivity index (χ0v) is 11.0. The third-order valence-corrected chi connectivity index (χ3v) is 4.34. The summed E-state index contributed by atoms with van der Waals surface area (Å²) in [6.07, 6.45) is 0.855. The Balaban J connectivity index is 2.58. The first-order valence-electron chi connectivity index (χ1n) is 5.43. The fraction of sp³-hybridized carbons (Fsp3) is 0.583. The molecule has 4 heteroatoms. The summed E-state index contributed by atoms with van der Waals surface area (Å²) in [6, 6.07) is 0. The van der Waals surface area contributed by atoms with E-state index < -0.39 is 0 Å². The molecule has 0 aliphatic carbocycles. The summed E-state index contributed by atoms with van der Waals surface area (Å²) >= 11 is 1.62. The number of thiophene rings is 1. The fourth-order valence-electron chi connectivity index (χ4n) is 2.68. The number of carbonyl (C=O) groups excluding carboxylic acids is 1. The van der Waals surface area contributed by atoms with Crippen molar-refractivity contribution in [2.75, 3.05) is 0 Å². The average Bonchev–Trinajstić information content (AvgIpc) is 2.43. The number of primary amides is 1. The topological polar surface area (TPSA) is 55.1 Å². The summed E-state index contributed by atoms with van der Waals surface area (Å²) in [5.74, 6) is -0.314. The number of carbonyl (C=O) groups is 1. The zero-order chi connectivity index (χ0) is 12.1. The van der Waals surface area contributed by atoms with E-state index in [1.807, 2.05) is 5.38 Å². The molecule has 0 saturated heterocycles. The number of nitrogens with one attached hydrogen (secondary N) is 1. The number of amides is 1. The molecule has 1 aliphatic rings. The van der Waals surface area contributed by atoms with Gasteiger partial charge < -0.3 is 11.1 Å². The van der Waals surface area contributed by atoms with Gasteiger partial charge in [-0.15, -0.1) is 11.3 Å². The highest BCUT2D eigenvalue weighted by Gasteiger charge is 2.39. The minimum Gasteiger partial charge on any atom is -0.366 e. The van der Waals surface area contributed by atoms with Gasteiger partial charge in [-0.1, -0.05) is 0 Å². The second kappa shape index (κ2) is 3.31. The smallest absolute Gasteiger partial charge is 0.249 e. The third kappa shape index (κ3) is 1.76. The van der Waals surface area contributed by atoms with Crippen LogP contribution in [0.2, 0.25) is 0 Å². The molecular weight excluding hydrogens is 220 g/mol. The molecule has 1 amide bonds. The Kier molecular flexibility index (Phi) is 2.40. The number of rotatable bonds is 1. The van der Waals surface area contributed by atoms with Crippen LogP contribution in [0, 0.1) is 0 Å². The van der Waals surface area contributed by atoms with Crippen LogP contribution in [0.3, 0.4) is 0 Å². The standard InChI is InChI=1S/C12H18N2OS/c1-11(2)5-7-8(10(13)15)6-16-9(7)12(3,4)14-11/h6,14H,5H2,1-4H3,(H2,13,15). The van der Waals surface area contributed by atoms with Gasteiger partial charge in [0.15, 0.2) is 0 Å². The van der Waals surface area contributed by atoms with Crippen LogP contribution in [0.1, 0.15) is 48.5 Å². The molecule has 3 N–H and O–H groups in total. The predicted octanol–water partition coefficient (Wildman–Crippen LogP) is 2.01. The Morgan fingerprint density at radius 3 is 2.62 bits per heavy atom. The van der Waals surface area contributed by atoms with E-state index in [1.165, 1.54) is 4.88 Å². The Morgan fingerprint density at radius 2 is 2.06 bits per heavy atom. The number of fused-ring (bicyclic) bond motifs is 1. The van der Waals surface area contributed by atoms with Gasteiger partial charge in [-0.3, -0.25) is 4.79 Å². The Hall–Kier alpha value is -0.870. The maximum absolute atomic E-state index is 11.4. The van der Waals surface area contributed by atoms with Crippen molar-refractivity contribution >= 4 is 17.2 Å². The van der Waals surface area contributed by atoms with Crippen molar-refractivity contribution in [3.63, 3.8) is 0 Å². The van der Waals surface area contributed by atoms with Crippen LogP contribution >= 0.6 is 11.3 Å². The van der Waals surface area contributed by atoms with Gasteiger partial charge in [0, 0.05) is 21.3 Å². The lowest BCUT2D eigenvalue weighted by Crippen LogP contribution is -2.55. The molecule has 0 fully saturated rings. The van der Waals surface area contributed by atoms with E-state index in [9.17, 15) is 4.79 Å². The van der Waals surface area contributed by atoms with E-state index in [0.717, 1.165) is 12.0 Å². The maximum atomic E-state index is 11.4. The molecule has 1 aromatic rings. The minimum absolute atomic E-state index is 0.00176. The van der Waals surface area contributed by atoms with E-state index in [2.05, 4.69) is 33.0 Å². The van der Waals surface area contributed by atoms with Gasteiger partial charge in [0.2, 0.25) is 5.91 Å². The van der Waals surface area contributed by atoms with E-state index in [4.69, 9.17) is 5.73 Å². The molecule has 1 aliphatic heterocycles. The third-order valence-electron chi connectivity index (χ3n) is 3.00. The van der Waals surface area contributed by atoms with Crippen molar-refractivity contribution in [2.24, 2.45) is 5.73 Å². The van der Waals surface area contributed by atoms with Crippen LogP contribution < -0.4 is 11.1 Å². The SMILES string of the molecule is CC1(C)Cc2c(C(N)=O)csc2C(C)(C)N1. The van der Waals surface area contributed by atoms with Gasteiger partial charge in [-0.2, -0.15) is 0 Å². The van der Waals surface area contributed by atoms with Gasteiger partial charge in [0.1, 0.15) is 0 Å². The van der Waals surface area contributed by atoms with Crippen molar-refractivity contribution in [1.82, 2.24) is 5.32 Å². The van der Waals surface area contributed by atoms with Crippen LogP contribution in [-0.4, -0.2) is 11.4 Å². The van der Waals surface area contributed by atoms with Crippen LogP contribution in [0.5, 0.6) is 0 Å². The summed E-state index contributed by atoms with van der Waals surface area (Å²) in [4.78, 5) is 12.6. The van der Waals surface area contributed by atoms with Crippen molar-refractivity contribution < 1.29 is 4.79 Å². The van der Waals surface area contributed by atoms with Crippen LogP contribution in [-0.2, 0) is 12.0 Å². The monoisotopic (exact) mass is 238 g/mol. The molecule has 2 rings (SSSR count). The molecule has 2 heterocycles. The summed E-state index contributed by atoms with van der Waals surface area (Å²) < 4.78 is 0. The molecule has 0 bridgehead atoms. The lowest BCUT2D eigenvalue weighted by molar-refractivity contribution is 0.0999. The highest BCUT2D eigenvalue weighted by Crippen LogP contribution is 2.39. The first-order chi connectivity index (χ1) is 7.23. The molecule has 1 aromatic heterocycles. The summed E-state index contributed by atoms with van der Waals surface area (Å²) in [5, 5.41) is 5.49. The summed E-state index contributed by atoms with van der Waals surface area (Å²) in [6.45, 7) is 8.60. The van der Waals surface area contributed by atoms with Gasteiger partial charge >= 0.3 is 0 Å². The predicted molar refractivity (Wildman–Crippen MR) is 66.8 cm³/mol.